The molecule has 0 radical (unpaired) electrons. The third-order valence-corrected chi connectivity index (χ3v) is 3.68. The molecule has 0 bridgehead atoms. The van der Waals surface area contributed by atoms with Crippen molar-refractivity contribution in [2.45, 2.75) is 38.5 Å². The molecule has 0 unspecified atom stereocenters. The minimum Gasteiger partial charge on any atom is -0.330 e. The van der Waals surface area contributed by atoms with E-state index >= 15 is 0 Å². The van der Waals surface area contributed by atoms with Gasteiger partial charge in [0, 0.05) is 13.2 Å². The molecule has 0 atom stereocenters. The number of aryl methyl sites for hydroxylation is 1. The van der Waals surface area contributed by atoms with Gasteiger partial charge in [0.05, 0.1) is 6.20 Å². The van der Waals surface area contributed by atoms with Gasteiger partial charge in [-0.15, -0.1) is 0 Å². The molecule has 3 nitrogen and oxygen atoms in total. The Bertz CT molecular complexity index is 310. The lowest BCUT2D eigenvalue weighted by Crippen LogP contribution is -2.34. The standard InChI is InChI=1S/C12H21N3/c1-15-9-11(8-14-15)7-12(10-13)5-3-2-4-6-12/h8-9H,2-7,10,13H2,1H3. The lowest BCUT2D eigenvalue weighted by Gasteiger charge is -2.36. The Morgan fingerprint density at radius 3 is 2.67 bits per heavy atom. The zero-order chi connectivity index (χ0) is 10.7. The topological polar surface area (TPSA) is 43.8 Å². The van der Waals surface area contributed by atoms with Crippen LogP contribution in [0.3, 0.4) is 0 Å². The molecule has 1 heterocycles. The van der Waals surface area contributed by atoms with Gasteiger partial charge in [0.1, 0.15) is 0 Å². The summed E-state index contributed by atoms with van der Waals surface area (Å²) in [4.78, 5) is 0. The van der Waals surface area contributed by atoms with Crippen molar-refractivity contribution in [3.05, 3.63) is 18.0 Å². The fraction of sp³-hybridized carbons (Fsp3) is 0.750. The molecule has 2 N–H and O–H groups in total. The second-order valence-electron chi connectivity index (χ2n) is 4.96. The van der Waals surface area contributed by atoms with E-state index in [0.717, 1.165) is 13.0 Å². The van der Waals surface area contributed by atoms with Crippen molar-refractivity contribution in [2.24, 2.45) is 18.2 Å². The summed E-state index contributed by atoms with van der Waals surface area (Å²) in [5, 5.41) is 4.22. The zero-order valence-corrected chi connectivity index (χ0v) is 9.58. The molecule has 0 saturated heterocycles. The normalized spacial score (nSPS) is 20.4. The van der Waals surface area contributed by atoms with Crippen molar-refractivity contribution in [1.29, 1.82) is 0 Å². The van der Waals surface area contributed by atoms with Gasteiger partial charge in [0.2, 0.25) is 0 Å². The average molecular weight is 207 g/mol. The molecule has 1 fully saturated rings. The van der Waals surface area contributed by atoms with Crippen molar-refractivity contribution in [3.63, 3.8) is 0 Å². The van der Waals surface area contributed by atoms with Crippen molar-refractivity contribution >= 4 is 0 Å². The summed E-state index contributed by atoms with van der Waals surface area (Å²) in [5.74, 6) is 0. The molecule has 1 aromatic rings. The average Bonchev–Trinajstić information content (AvgIpc) is 2.65. The number of rotatable bonds is 3. The first-order valence-corrected chi connectivity index (χ1v) is 5.92. The fourth-order valence-electron chi connectivity index (χ4n) is 2.75. The quantitative estimate of drug-likeness (QED) is 0.822. The number of nitrogens with zero attached hydrogens (tertiary/aromatic N) is 2. The van der Waals surface area contributed by atoms with Crippen molar-refractivity contribution in [2.75, 3.05) is 6.54 Å². The third-order valence-electron chi connectivity index (χ3n) is 3.68. The van der Waals surface area contributed by atoms with Gasteiger partial charge < -0.3 is 5.73 Å². The van der Waals surface area contributed by atoms with Crippen LogP contribution in [0.5, 0.6) is 0 Å². The van der Waals surface area contributed by atoms with E-state index < -0.39 is 0 Å². The Morgan fingerprint density at radius 1 is 1.40 bits per heavy atom. The molecule has 1 aliphatic rings. The molecule has 3 heteroatoms. The summed E-state index contributed by atoms with van der Waals surface area (Å²) in [6.45, 7) is 0.821. The van der Waals surface area contributed by atoms with E-state index in [-0.39, 0.29) is 0 Å². The van der Waals surface area contributed by atoms with Gasteiger partial charge in [0.25, 0.3) is 0 Å². The fourth-order valence-corrected chi connectivity index (χ4v) is 2.75. The van der Waals surface area contributed by atoms with Crippen LogP contribution in [0, 0.1) is 5.41 Å². The van der Waals surface area contributed by atoms with Gasteiger partial charge in [-0.1, -0.05) is 19.3 Å². The lowest BCUT2D eigenvalue weighted by atomic mass is 9.71. The smallest absolute Gasteiger partial charge is 0.0521 e. The molecule has 0 amide bonds. The first-order valence-electron chi connectivity index (χ1n) is 5.92. The van der Waals surface area contributed by atoms with Crippen LogP contribution < -0.4 is 5.73 Å². The largest absolute Gasteiger partial charge is 0.330 e. The van der Waals surface area contributed by atoms with Gasteiger partial charge >= 0.3 is 0 Å². The summed E-state index contributed by atoms with van der Waals surface area (Å²) in [6.07, 6.45) is 11.9. The first-order chi connectivity index (χ1) is 7.24. The maximum absolute atomic E-state index is 5.97. The molecule has 0 spiro atoms. The monoisotopic (exact) mass is 207 g/mol. The van der Waals surface area contributed by atoms with E-state index in [9.17, 15) is 0 Å². The lowest BCUT2D eigenvalue weighted by molar-refractivity contribution is 0.197. The number of nitrogens with two attached hydrogens (primary N) is 1. The molecule has 2 rings (SSSR count). The number of aromatic nitrogens is 2. The van der Waals surface area contributed by atoms with Crippen LogP contribution in [0.1, 0.15) is 37.7 Å². The van der Waals surface area contributed by atoms with Crippen molar-refractivity contribution in [1.82, 2.24) is 9.78 Å². The van der Waals surface area contributed by atoms with Crippen LogP contribution in [-0.2, 0) is 13.5 Å². The zero-order valence-electron chi connectivity index (χ0n) is 9.58. The van der Waals surface area contributed by atoms with Crippen LogP contribution in [0.15, 0.2) is 12.4 Å². The van der Waals surface area contributed by atoms with E-state index in [1.165, 1.54) is 37.7 Å². The summed E-state index contributed by atoms with van der Waals surface area (Å²) >= 11 is 0. The van der Waals surface area contributed by atoms with E-state index in [0.29, 0.717) is 5.41 Å². The molecule has 1 saturated carbocycles. The summed E-state index contributed by atoms with van der Waals surface area (Å²) < 4.78 is 1.88. The molecular weight excluding hydrogens is 186 g/mol. The van der Waals surface area contributed by atoms with Gasteiger partial charge in [-0.3, -0.25) is 4.68 Å². The molecular formula is C12H21N3. The maximum atomic E-state index is 5.97. The second kappa shape index (κ2) is 4.35. The molecule has 84 valence electrons. The Labute approximate surface area is 91.7 Å². The minimum absolute atomic E-state index is 0.362. The molecule has 0 aromatic carbocycles. The van der Waals surface area contributed by atoms with Gasteiger partial charge in [-0.05, 0) is 36.8 Å². The Kier molecular flexibility index (Phi) is 3.10. The van der Waals surface area contributed by atoms with Crippen LogP contribution in [0.25, 0.3) is 0 Å². The van der Waals surface area contributed by atoms with Crippen molar-refractivity contribution in [3.8, 4) is 0 Å². The van der Waals surface area contributed by atoms with Crippen LogP contribution in [-0.4, -0.2) is 16.3 Å². The van der Waals surface area contributed by atoms with Gasteiger partial charge in [-0.2, -0.15) is 5.10 Å². The number of hydrogen-bond acceptors (Lipinski definition) is 2. The Hall–Kier alpha value is -0.830. The summed E-state index contributed by atoms with van der Waals surface area (Å²) in [5.41, 5.74) is 7.67. The van der Waals surface area contributed by atoms with E-state index in [2.05, 4.69) is 11.3 Å². The minimum atomic E-state index is 0.362. The molecule has 1 aromatic heterocycles. The van der Waals surface area contributed by atoms with Gasteiger partial charge in [-0.25, -0.2) is 0 Å². The van der Waals surface area contributed by atoms with Gasteiger partial charge in [0.15, 0.2) is 0 Å². The van der Waals surface area contributed by atoms with Crippen LogP contribution in [0.4, 0.5) is 0 Å². The second-order valence-corrected chi connectivity index (χ2v) is 4.96. The van der Waals surface area contributed by atoms with E-state index in [1.807, 2.05) is 17.9 Å². The van der Waals surface area contributed by atoms with Crippen molar-refractivity contribution < 1.29 is 0 Å². The number of hydrogen-bond donors (Lipinski definition) is 1. The highest BCUT2D eigenvalue weighted by Gasteiger charge is 2.30. The molecule has 15 heavy (non-hydrogen) atoms. The van der Waals surface area contributed by atoms with Crippen LogP contribution >= 0.6 is 0 Å². The molecule has 1 aliphatic carbocycles. The highest BCUT2D eigenvalue weighted by atomic mass is 15.2. The predicted molar refractivity (Wildman–Crippen MR) is 61.5 cm³/mol. The Balaban J connectivity index is 2.06. The summed E-state index contributed by atoms with van der Waals surface area (Å²) in [7, 11) is 1.97. The maximum Gasteiger partial charge on any atom is 0.0521 e. The highest BCUT2D eigenvalue weighted by molar-refractivity contribution is 5.08. The first kappa shape index (κ1) is 10.7. The van der Waals surface area contributed by atoms with E-state index in [1.54, 1.807) is 0 Å². The summed E-state index contributed by atoms with van der Waals surface area (Å²) in [6, 6.07) is 0. The van der Waals surface area contributed by atoms with Crippen LogP contribution in [0.2, 0.25) is 0 Å². The van der Waals surface area contributed by atoms with E-state index in [4.69, 9.17) is 5.73 Å². The third kappa shape index (κ3) is 2.40. The Morgan fingerprint density at radius 2 is 2.13 bits per heavy atom. The molecule has 0 aliphatic heterocycles. The SMILES string of the molecule is Cn1cc(CC2(CN)CCCCC2)cn1. The predicted octanol–water partition coefficient (Wildman–Crippen LogP) is 1.87. The highest BCUT2D eigenvalue weighted by Crippen LogP contribution is 2.38.